The Balaban J connectivity index is 2.27. The zero-order chi connectivity index (χ0) is 12.7. The lowest BCUT2D eigenvalue weighted by molar-refractivity contribution is 0.259. The lowest BCUT2D eigenvalue weighted by Crippen LogP contribution is -2.36. The van der Waals surface area contributed by atoms with E-state index >= 15 is 0 Å². The summed E-state index contributed by atoms with van der Waals surface area (Å²) in [4.78, 5) is 3.87. The van der Waals surface area contributed by atoms with Gasteiger partial charge in [-0.15, -0.1) is 11.3 Å². The van der Waals surface area contributed by atoms with Gasteiger partial charge in [0.15, 0.2) is 0 Å². The molecular weight excluding hydrogens is 228 g/mol. The van der Waals surface area contributed by atoms with Gasteiger partial charge in [-0.25, -0.2) is 0 Å². The molecule has 2 nitrogen and oxygen atoms in total. The van der Waals surface area contributed by atoms with Crippen molar-refractivity contribution in [1.82, 2.24) is 10.2 Å². The minimum absolute atomic E-state index is 0.526. The van der Waals surface area contributed by atoms with Crippen LogP contribution in [0.15, 0.2) is 17.5 Å². The van der Waals surface area contributed by atoms with E-state index in [0.717, 1.165) is 13.1 Å². The van der Waals surface area contributed by atoms with E-state index in [1.807, 2.05) is 11.3 Å². The van der Waals surface area contributed by atoms with E-state index in [4.69, 9.17) is 0 Å². The van der Waals surface area contributed by atoms with E-state index in [-0.39, 0.29) is 0 Å². The quantitative estimate of drug-likeness (QED) is 0.763. The molecule has 1 aromatic rings. The summed E-state index contributed by atoms with van der Waals surface area (Å²) in [5.41, 5.74) is 0. The zero-order valence-corrected chi connectivity index (χ0v) is 12.4. The highest BCUT2D eigenvalue weighted by atomic mass is 32.1. The summed E-state index contributed by atoms with van der Waals surface area (Å²) in [7, 11) is 2.21. The fourth-order valence-corrected chi connectivity index (χ4v) is 2.81. The standard InChI is InChI=1S/C14H26N2S/c1-5-13(6-2)15-9-10-16(4)12(3)14-8-7-11-17-14/h7-8,11-13,15H,5-6,9-10H2,1-4H3. The number of nitrogens with zero attached hydrogens (tertiary/aromatic N) is 1. The van der Waals surface area contributed by atoms with Gasteiger partial charge in [0.25, 0.3) is 0 Å². The summed E-state index contributed by atoms with van der Waals surface area (Å²) in [6.07, 6.45) is 2.45. The molecule has 0 saturated heterocycles. The molecule has 1 unspecified atom stereocenters. The van der Waals surface area contributed by atoms with E-state index in [1.54, 1.807) is 0 Å². The first-order valence-electron chi connectivity index (χ1n) is 6.66. The largest absolute Gasteiger partial charge is 0.313 e. The van der Waals surface area contributed by atoms with Crippen molar-refractivity contribution in [3.8, 4) is 0 Å². The van der Waals surface area contributed by atoms with Gasteiger partial charge in [0.05, 0.1) is 0 Å². The van der Waals surface area contributed by atoms with Crippen molar-refractivity contribution in [3.63, 3.8) is 0 Å². The molecule has 0 saturated carbocycles. The van der Waals surface area contributed by atoms with Gasteiger partial charge in [0, 0.05) is 30.1 Å². The molecule has 0 amide bonds. The molecule has 17 heavy (non-hydrogen) atoms. The lowest BCUT2D eigenvalue weighted by Gasteiger charge is -2.25. The second-order valence-corrected chi connectivity index (χ2v) is 5.62. The van der Waals surface area contributed by atoms with Crippen molar-refractivity contribution in [1.29, 1.82) is 0 Å². The maximum atomic E-state index is 3.61. The van der Waals surface area contributed by atoms with Gasteiger partial charge >= 0.3 is 0 Å². The molecule has 1 heterocycles. The van der Waals surface area contributed by atoms with E-state index < -0.39 is 0 Å². The smallest absolute Gasteiger partial charge is 0.0410 e. The molecule has 3 heteroatoms. The highest BCUT2D eigenvalue weighted by Crippen LogP contribution is 2.22. The Morgan fingerprint density at radius 3 is 2.59 bits per heavy atom. The summed E-state index contributed by atoms with van der Waals surface area (Å²) in [6.45, 7) is 8.97. The van der Waals surface area contributed by atoms with Crippen molar-refractivity contribution >= 4 is 11.3 Å². The Kier molecular flexibility index (Phi) is 6.78. The van der Waals surface area contributed by atoms with Gasteiger partial charge in [-0.2, -0.15) is 0 Å². The molecule has 1 aromatic heterocycles. The monoisotopic (exact) mass is 254 g/mol. The molecule has 0 aromatic carbocycles. The van der Waals surface area contributed by atoms with Gasteiger partial charge in [-0.1, -0.05) is 19.9 Å². The molecule has 0 aliphatic heterocycles. The number of likely N-dealkylation sites (N-methyl/N-ethyl adjacent to an activating group) is 1. The minimum atomic E-state index is 0.526. The second kappa shape index (κ2) is 7.85. The Morgan fingerprint density at radius 2 is 2.06 bits per heavy atom. The fraction of sp³-hybridized carbons (Fsp3) is 0.714. The van der Waals surface area contributed by atoms with E-state index in [9.17, 15) is 0 Å². The van der Waals surface area contributed by atoms with E-state index in [0.29, 0.717) is 12.1 Å². The van der Waals surface area contributed by atoms with Crippen LogP contribution in [0.25, 0.3) is 0 Å². The third kappa shape index (κ3) is 4.78. The summed E-state index contributed by atoms with van der Waals surface area (Å²) < 4.78 is 0. The predicted octanol–water partition coefficient (Wildman–Crippen LogP) is 3.52. The third-order valence-corrected chi connectivity index (χ3v) is 4.54. The number of nitrogens with one attached hydrogen (secondary N) is 1. The van der Waals surface area contributed by atoms with Crippen LogP contribution in [0, 0.1) is 0 Å². The molecule has 0 aliphatic rings. The number of rotatable bonds is 8. The van der Waals surface area contributed by atoms with Crippen molar-refractivity contribution < 1.29 is 0 Å². The van der Waals surface area contributed by atoms with Crippen LogP contribution in [0.4, 0.5) is 0 Å². The van der Waals surface area contributed by atoms with Crippen LogP contribution in [0.1, 0.15) is 44.5 Å². The van der Waals surface area contributed by atoms with Crippen LogP contribution in [-0.4, -0.2) is 31.1 Å². The molecule has 1 atom stereocenters. The molecule has 98 valence electrons. The van der Waals surface area contributed by atoms with Crippen LogP contribution in [0.3, 0.4) is 0 Å². The highest BCUT2D eigenvalue weighted by Gasteiger charge is 2.12. The normalized spacial score (nSPS) is 13.5. The van der Waals surface area contributed by atoms with Crippen molar-refractivity contribution in [3.05, 3.63) is 22.4 Å². The Morgan fingerprint density at radius 1 is 1.35 bits per heavy atom. The van der Waals surface area contributed by atoms with Crippen molar-refractivity contribution in [2.45, 2.75) is 45.7 Å². The van der Waals surface area contributed by atoms with Gasteiger partial charge in [0.1, 0.15) is 0 Å². The van der Waals surface area contributed by atoms with Crippen molar-refractivity contribution in [2.24, 2.45) is 0 Å². The molecular formula is C14H26N2S. The lowest BCUT2D eigenvalue weighted by atomic mass is 10.2. The summed E-state index contributed by atoms with van der Waals surface area (Å²) >= 11 is 1.85. The SMILES string of the molecule is CCC(CC)NCCN(C)C(C)c1cccs1. The zero-order valence-electron chi connectivity index (χ0n) is 11.6. The highest BCUT2D eigenvalue weighted by molar-refractivity contribution is 7.10. The van der Waals surface area contributed by atoms with Crippen LogP contribution >= 0.6 is 11.3 Å². The molecule has 1 rings (SSSR count). The van der Waals surface area contributed by atoms with Gasteiger partial charge in [0.2, 0.25) is 0 Å². The Hall–Kier alpha value is -0.380. The third-order valence-electron chi connectivity index (χ3n) is 3.50. The second-order valence-electron chi connectivity index (χ2n) is 4.64. The van der Waals surface area contributed by atoms with Gasteiger partial charge in [-0.05, 0) is 38.3 Å². The van der Waals surface area contributed by atoms with Crippen LogP contribution < -0.4 is 5.32 Å². The summed E-state index contributed by atoms with van der Waals surface area (Å²) in [5.74, 6) is 0. The molecule has 0 bridgehead atoms. The number of thiophene rings is 1. The van der Waals surface area contributed by atoms with Gasteiger partial charge < -0.3 is 5.32 Å². The number of hydrogen-bond donors (Lipinski definition) is 1. The minimum Gasteiger partial charge on any atom is -0.313 e. The first-order valence-corrected chi connectivity index (χ1v) is 7.54. The van der Waals surface area contributed by atoms with Gasteiger partial charge in [-0.3, -0.25) is 4.90 Å². The van der Waals surface area contributed by atoms with E-state index in [1.165, 1.54) is 17.7 Å². The predicted molar refractivity (Wildman–Crippen MR) is 77.7 cm³/mol. The Bertz CT molecular complexity index is 280. The summed E-state index contributed by atoms with van der Waals surface area (Å²) in [5, 5.41) is 5.77. The number of hydrogen-bond acceptors (Lipinski definition) is 3. The maximum absolute atomic E-state index is 3.61. The fourth-order valence-electron chi connectivity index (χ4n) is 1.96. The average Bonchev–Trinajstić information content (AvgIpc) is 2.87. The first kappa shape index (κ1) is 14.7. The molecule has 1 N–H and O–H groups in total. The summed E-state index contributed by atoms with van der Waals surface area (Å²) in [6, 6.07) is 5.56. The molecule has 0 aliphatic carbocycles. The average molecular weight is 254 g/mol. The van der Waals surface area contributed by atoms with Crippen LogP contribution in [0.2, 0.25) is 0 Å². The molecule has 0 radical (unpaired) electrons. The molecule has 0 fully saturated rings. The Labute approximate surface area is 110 Å². The van der Waals surface area contributed by atoms with Crippen LogP contribution in [-0.2, 0) is 0 Å². The maximum Gasteiger partial charge on any atom is 0.0410 e. The van der Waals surface area contributed by atoms with E-state index in [2.05, 4.69) is 55.5 Å². The van der Waals surface area contributed by atoms with Crippen molar-refractivity contribution in [2.75, 3.05) is 20.1 Å². The van der Waals surface area contributed by atoms with Crippen LogP contribution in [0.5, 0.6) is 0 Å². The topological polar surface area (TPSA) is 15.3 Å². The first-order chi connectivity index (χ1) is 8.19. The molecule has 0 spiro atoms.